The molecule has 1 N–H and O–H groups in total. The zero-order valence-corrected chi connectivity index (χ0v) is 16.1. The summed E-state index contributed by atoms with van der Waals surface area (Å²) in [6, 6.07) is 8.12. The van der Waals surface area contributed by atoms with E-state index in [-0.39, 0.29) is 17.3 Å². The predicted molar refractivity (Wildman–Crippen MR) is 98.4 cm³/mol. The Bertz CT molecular complexity index is 888. The number of amides is 1. The van der Waals surface area contributed by atoms with Gasteiger partial charge in [-0.2, -0.15) is 4.31 Å². The molecule has 1 atom stereocenters. The summed E-state index contributed by atoms with van der Waals surface area (Å²) in [6.07, 6.45) is 2.74. The summed E-state index contributed by atoms with van der Waals surface area (Å²) in [6.45, 7) is 0.419. The molecule has 1 saturated heterocycles. The molecule has 1 unspecified atom stereocenters. The van der Waals surface area contributed by atoms with Crippen molar-refractivity contribution < 1.29 is 17.6 Å². The number of hydrogen-bond donors (Lipinski definition) is 1. The first-order chi connectivity index (χ1) is 12.4. The van der Waals surface area contributed by atoms with Crippen molar-refractivity contribution in [1.29, 1.82) is 0 Å². The topological polar surface area (TPSA) is 79.4 Å². The molecule has 1 fully saturated rings. The number of carbonyl (C=O) groups excluding carboxylic acids is 1. The lowest BCUT2D eigenvalue weighted by Crippen LogP contribution is -2.43. The number of rotatable bonds is 4. The van der Waals surface area contributed by atoms with Crippen LogP contribution in [0, 0.1) is 11.7 Å². The van der Waals surface area contributed by atoms with Crippen molar-refractivity contribution in [3.8, 4) is 0 Å². The van der Waals surface area contributed by atoms with Crippen molar-refractivity contribution in [3.05, 3.63) is 52.9 Å². The lowest BCUT2D eigenvalue weighted by molar-refractivity contribution is -0.120. The smallest absolute Gasteiger partial charge is 0.243 e. The Balaban J connectivity index is 1.71. The number of pyridine rings is 1. The highest BCUT2D eigenvalue weighted by atomic mass is 79.9. The van der Waals surface area contributed by atoms with E-state index >= 15 is 0 Å². The van der Waals surface area contributed by atoms with Gasteiger partial charge in [-0.25, -0.2) is 17.8 Å². The molecule has 0 bridgehead atoms. The second-order valence-corrected chi connectivity index (χ2v) is 8.86. The fourth-order valence-corrected chi connectivity index (χ4v) is 4.57. The third kappa shape index (κ3) is 4.28. The van der Waals surface area contributed by atoms with Crippen LogP contribution in [0.2, 0.25) is 0 Å². The molecule has 0 radical (unpaired) electrons. The van der Waals surface area contributed by atoms with Gasteiger partial charge >= 0.3 is 0 Å². The van der Waals surface area contributed by atoms with Gasteiger partial charge in [-0.1, -0.05) is 0 Å². The van der Waals surface area contributed by atoms with E-state index in [9.17, 15) is 17.6 Å². The molecule has 138 valence electrons. The van der Waals surface area contributed by atoms with Crippen LogP contribution in [0.4, 0.5) is 10.2 Å². The minimum atomic E-state index is -3.76. The first kappa shape index (κ1) is 18.9. The van der Waals surface area contributed by atoms with Gasteiger partial charge in [0, 0.05) is 23.8 Å². The summed E-state index contributed by atoms with van der Waals surface area (Å²) in [5.74, 6) is -0.818. The molecular weight excluding hydrogens is 425 g/mol. The van der Waals surface area contributed by atoms with Crippen LogP contribution in [-0.4, -0.2) is 36.7 Å². The van der Waals surface area contributed by atoms with E-state index in [1.165, 1.54) is 16.4 Å². The average molecular weight is 442 g/mol. The largest absolute Gasteiger partial charge is 0.310 e. The van der Waals surface area contributed by atoms with Crippen molar-refractivity contribution >= 4 is 37.7 Å². The fraction of sp³-hybridized carbons (Fsp3) is 0.294. The molecule has 26 heavy (non-hydrogen) atoms. The Kier molecular flexibility index (Phi) is 5.69. The van der Waals surface area contributed by atoms with Gasteiger partial charge in [-0.15, -0.1) is 0 Å². The summed E-state index contributed by atoms with van der Waals surface area (Å²) in [5, 5.41) is 2.72. The quantitative estimate of drug-likeness (QED) is 0.790. The van der Waals surface area contributed by atoms with Crippen LogP contribution in [0.15, 0.2) is 52.0 Å². The second-order valence-electron chi connectivity index (χ2n) is 6.01. The number of sulfonamides is 1. The van der Waals surface area contributed by atoms with Crippen LogP contribution in [-0.2, 0) is 14.8 Å². The van der Waals surface area contributed by atoms with Crippen molar-refractivity contribution in [2.75, 3.05) is 18.4 Å². The van der Waals surface area contributed by atoms with Crippen LogP contribution >= 0.6 is 15.9 Å². The maximum Gasteiger partial charge on any atom is 0.243 e. The van der Waals surface area contributed by atoms with Crippen LogP contribution in [0.1, 0.15) is 12.8 Å². The van der Waals surface area contributed by atoms with Gasteiger partial charge in [0.15, 0.2) is 0 Å². The van der Waals surface area contributed by atoms with E-state index in [2.05, 4.69) is 26.2 Å². The summed E-state index contributed by atoms with van der Waals surface area (Å²) >= 11 is 3.27. The minimum Gasteiger partial charge on any atom is -0.310 e. The minimum absolute atomic E-state index is 0.0227. The maximum atomic E-state index is 13.0. The van der Waals surface area contributed by atoms with Crippen molar-refractivity contribution in [2.45, 2.75) is 17.7 Å². The molecule has 6 nitrogen and oxygen atoms in total. The third-order valence-corrected chi connectivity index (χ3v) is 6.53. The molecule has 1 aliphatic heterocycles. The summed E-state index contributed by atoms with van der Waals surface area (Å²) in [4.78, 5) is 16.6. The van der Waals surface area contributed by atoms with E-state index < -0.39 is 21.8 Å². The summed E-state index contributed by atoms with van der Waals surface area (Å²) < 4.78 is 40.6. The van der Waals surface area contributed by atoms with Crippen LogP contribution < -0.4 is 5.32 Å². The van der Waals surface area contributed by atoms with Gasteiger partial charge in [-0.3, -0.25) is 4.79 Å². The number of benzene rings is 1. The molecule has 3 rings (SSSR count). The second kappa shape index (κ2) is 7.81. The van der Waals surface area contributed by atoms with Crippen molar-refractivity contribution in [1.82, 2.24) is 9.29 Å². The summed E-state index contributed by atoms with van der Waals surface area (Å²) in [7, 11) is -3.76. The SMILES string of the molecule is O=C(Nc1ccc(Br)cn1)C1CCCN(S(=O)(=O)c2ccc(F)cc2)C1. The number of aromatic nitrogens is 1. The highest BCUT2D eigenvalue weighted by molar-refractivity contribution is 9.10. The Morgan fingerprint density at radius 1 is 1.23 bits per heavy atom. The first-order valence-corrected chi connectivity index (χ1v) is 10.3. The molecule has 1 aliphatic rings. The highest BCUT2D eigenvalue weighted by Crippen LogP contribution is 2.25. The van der Waals surface area contributed by atoms with Crippen LogP contribution in [0.3, 0.4) is 0 Å². The van der Waals surface area contributed by atoms with Crippen molar-refractivity contribution in [2.24, 2.45) is 5.92 Å². The fourth-order valence-electron chi connectivity index (χ4n) is 2.81. The molecule has 2 heterocycles. The maximum absolute atomic E-state index is 13.0. The van der Waals surface area contributed by atoms with Gasteiger partial charge < -0.3 is 5.32 Å². The Hall–Kier alpha value is -1.84. The molecule has 1 aromatic heterocycles. The monoisotopic (exact) mass is 441 g/mol. The zero-order chi connectivity index (χ0) is 18.7. The first-order valence-electron chi connectivity index (χ1n) is 8.04. The van der Waals surface area contributed by atoms with E-state index in [1.807, 2.05) is 0 Å². The van der Waals surface area contributed by atoms with Gasteiger partial charge in [0.2, 0.25) is 15.9 Å². The normalized spacial score (nSPS) is 18.5. The van der Waals surface area contributed by atoms with Crippen molar-refractivity contribution in [3.63, 3.8) is 0 Å². The standard InChI is InChI=1S/C17H17BrFN3O3S/c18-13-3-8-16(20-10-13)21-17(23)12-2-1-9-22(11-12)26(24,25)15-6-4-14(19)5-7-15/h3-8,10,12H,1-2,9,11H2,(H,20,21,23). The molecule has 0 spiro atoms. The Morgan fingerprint density at radius 3 is 2.62 bits per heavy atom. The Morgan fingerprint density at radius 2 is 1.96 bits per heavy atom. The number of nitrogens with zero attached hydrogens (tertiary/aromatic N) is 2. The molecule has 0 aliphatic carbocycles. The number of nitrogens with one attached hydrogen (secondary N) is 1. The number of carbonyl (C=O) groups is 1. The average Bonchev–Trinajstić information content (AvgIpc) is 2.64. The molecule has 2 aromatic rings. The predicted octanol–water partition coefficient (Wildman–Crippen LogP) is 3.02. The highest BCUT2D eigenvalue weighted by Gasteiger charge is 2.33. The van der Waals surface area contributed by atoms with Gasteiger partial charge in [0.25, 0.3) is 0 Å². The van der Waals surface area contributed by atoms with E-state index in [0.717, 1.165) is 16.6 Å². The van der Waals surface area contributed by atoms with E-state index in [0.29, 0.717) is 25.2 Å². The molecule has 9 heteroatoms. The number of anilines is 1. The number of hydrogen-bond acceptors (Lipinski definition) is 4. The lowest BCUT2D eigenvalue weighted by atomic mass is 9.99. The van der Waals surface area contributed by atoms with Gasteiger partial charge in [0.05, 0.1) is 10.8 Å². The van der Waals surface area contributed by atoms with E-state index in [1.54, 1.807) is 18.3 Å². The molecular formula is C17H17BrFN3O3S. The van der Waals surface area contributed by atoms with Gasteiger partial charge in [-0.05, 0) is 65.2 Å². The third-order valence-electron chi connectivity index (χ3n) is 4.18. The van der Waals surface area contributed by atoms with Crippen LogP contribution in [0.25, 0.3) is 0 Å². The number of halogens is 2. The van der Waals surface area contributed by atoms with Gasteiger partial charge in [0.1, 0.15) is 11.6 Å². The molecule has 1 aromatic carbocycles. The summed E-state index contributed by atoms with van der Waals surface area (Å²) in [5.41, 5.74) is 0. The van der Waals surface area contributed by atoms with Crippen LogP contribution in [0.5, 0.6) is 0 Å². The molecule has 1 amide bonds. The number of piperidine rings is 1. The van der Waals surface area contributed by atoms with E-state index in [4.69, 9.17) is 0 Å². The lowest BCUT2D eigenvalue weighted by Gasteiger charge is -2.31. The molecule has 0 saturated carbocycles. The Labute approximate surface area is 159 Å². The zero-order valence-electron chi connectivity index (χ0n) is 13.7.